The fourth-order valence-corrected chi connectivity index (χ4v) is 1.98. The van der Waals surface area contributed by atoms with Crippen LogP contribution >= 0.6 is 0 Å². The van der Waals surface area contributed by atoms with Crippen molar-refractivity contribution in [3.8, 4) is 5.75 Å². The van der Waals surface area contributed by atoms with E-state index >= 15 is 0 Å². The number of aromatic hydroxyl groups is 1. The molecule has 0 saturated carbocycles. The summed E-state index contributed by atoms with van der Waals surface area (Å²) in [5.41, 5.74) is 4.91. The average Bonchev–Trinajstić information content (AvgIpc) is 2.45. The Hall–Kier alpha value is -2.30. The predicted octanol–water partition coefficient (Wildman–Crippen LogP) is 3.49. The van der Waals surface area contributed by atoms with Crippen molar-refractivity contribution in [2.45, 2.75) is 32.1 Å². The molecule has 1 aromatic carbocycles. The summed E-state index contributed by atoms with van der Waals surface area (Å²) in [6.45, 7) is 12.7. The Labute approximate surface area is 137 Å². The summed E-state index contributed by atoms with van der Waals surface area (Å²) in [6, 6.07) is 6.82. The van der Waals surface area contributed by atoms with Crippen LogP contribution in [-0.2, 0) is 10.3 Å². The lowest BCUT2D eigenvalue weighted by Gasteiger charge is -2.27. The number of phenols is 1. The first-order valence-corrected chi connectivity index (χ1v) is 7.27. The van der Waals surface area contributed by atoms with Crippen LogP contribution in [0.1, 0.15) is 26.3 Å². The molecule has 0 aliphatic carbocycles. The largest absolute Gasteiger partial charge is 0.508 e. The summed E-state index contributed by atoms with van der Waals surface area (Å²) < 4.78 is 5.98. The second-order valence-corrected chi connectivity index (χ2v) is 5.91. The van der Waals surface area contributed by atoms with Gasteiger partial charge in [0.15, 0.2) is 0 Å². The van der Waals surface area contributed by atoms with Crippen LogP contribution in [-0.4, -0.2) is 15.9 Å². The van der Waals surface area contributed by atoms with Gasteiger partial charge in [0.25, 0.3) is 0 Å². The number of aliphatic hydroxyl groups is 1. The Bertz CT molecular complexity index is 617. The molecule has 124 valence electrons. The molecule has 1 rings (SSSR count). The topological polar surface area (TPSA) is 75.7 Å². The number of rotatable bonds is 7. The molecule has 0 fully saturated rings. The van der Waals surface area contributed by atoms with Crippen LogP contribution in [0.4, 0.5) is 0 Å². The van der Waals surface area contributed by atoms with Crippen LogP contribution in [0.2, 0.25) is 0 Å². The van der Waals surface area contributed by atoms with Gasteiger partial charge in [0.05, 0.1) is 0 Å². The fraction of sp³-hybridized carbons (Fsp3) is 0.263. The van der Waals surface area contributed by atoms with Gasteiger partial charge >= 0.3 is 0 Å². The quantitative estimate of drug-likeness (QED) is 0.409. The van der Waals surface area contributed by atoms with Crippen molar-refractivity contribution >= 4 is 0 Å². The maximum absolute atomic E-state index is 9.82. The van der Waals surface area contributed by atoms with Crippen molar-refractivity contribution in [1.82, 2.24) is 0 Å². The zero-order valence-corrected chi connectivity index (χ0v) is 13.9. The molecule has 0 spiro atoms. The molecule has 23 heavy (non-hydrogen) atoms. The van der Waals surface area contributed by atoms with E-state index in [1.54, 1.807) is 42.5 Å². The second kappa shape index (κ2) is 7.31. The molecule has 0 bridgehead atoms. The molecule has 1 unspecified atom stereocenters. The van der Waals surface area contributed by atoms with Crippen LogP contribution in [0.3, 0.4) is 0 Å². The van der Waals surface area contributed by atoms with Crippen LogP contribution in [0.25, 0.3) is 0 Å². The third kappa shape index (κ3) is 5.43. The van der Waals surface area contributed by atoms with E-state index in [0.29, 0.717) is 11.3 Å². The summed E-state index contributed by atoms with van der Waals surface area (Å²) in [6.07, 6.45) is 6.37. The molecule has 0 aromatic heterocycles. The number of hydrogen-bond donors (Lipinski definition) is 3. The minimum absolute atomic E-state index is 0.202. The highest BCUT2D eigenvalue weighted by Gasteiger charge is 2.23. The molecule has 0 aliphatic rings. The molecular formula is C19H25NO3. The van der Waals surface area contributed by atoms with Gasteiger partial charge in [-0.2, -0.15) is 0 Å². The van der Waals surface area contributed by atoms with E-state index in [2.05, 4.69) is 13.2 Å². The highest BCUT2D eigenvalue weighted by molar-refractivity contribution is 5.33. The number of allylic oxidation sites excluding steroid dienone is 3. The molecular weight excluding hydrogens is 290 g/mol. The first kappa shape index (κ1) is 18.7. The van der Waals surface area contributed by atoms with Crippen molar-refractivity contribution in [1.29, 1.82) is 0 Å². The van der Waals surface area contributed by atoms with E-state index in [9.17, 15) is 10.2 Å². The third-order valence-electron chi connectivity index (χ3n) is 3.37. The second-order valence-electron chi connectivity index (χ2n) is 5.91. The molecule has 4 N–H and O–H groups in total. The number of benzene rings is 1. The van der Waals surface area contributed by atoms with Gasteiger partial charge in [-0.1, -0.05) is 37.4 Å². The monoisotopic (exact) mass is 315 g/mol. The zero-order chi connectivity index (χ0) is 17.7. The van der Waals surface area contributed by atoms with E-state index in [4.69, 9.17) is 10.5 Å². The summed E-state index contributed by atoms with van der Waals surface area (Å²) >= 11 is 0. The number of hydrogen-bond acceptors (Lipinski definition) is 4. The maximum Gasteiger partial charge on any atom is 0.136 e. The highest BCUT2D eigenvalue weighted by atomic mass is 16.5. The van der Waals surface area contributed by atoms with Gasteiger partial charge in [-0.25, -0.2) is 0 Å². The summed E-state index contributed by atoms with van der Waals surface area (Å²) in [7, 11) is 0. The SMILES string of the molecule is C=C/C(=C\C=C(/C=C)C(C)(N)O)OC(C)(C)c1ccc(O)cc1. The Morgan fingerprint density at radius 2 is 1.65 bits per heavy atom. The van der Waals surface area contributed by atoms with Gasteiger partial charge in [-0.3, -0.25) is 0 Å². The minimum atomic E-state index is -1.48. The van der Waals surface area contributed by atoms with Crippen molar-refractivity contribution in [2.24, 2.45) is 5.73 Å². The van der Waals surface area contributed by atoms with Gasteiger partial charge in [0, 0.05) is 0 Å². The van der Waals surface area contributed by atoms with Gasteiger partial charge in [-0.05, 0) is 56.2 Å². The summed E-state index contributed by atoms with van der Waals surface area (Å²) in [5, 5.41) is 19.2. The first-order chi connectivity index (χ1) is 10.6. The Kier molecular flexibility index (Phi) is 5.96. The smallest absolute Gasteiger partial charge is 0.136 e. The van der Waals surface area contributed by atoms with Crippen molar-refractivity contribution < 1.29 is 14.9 Å². The van der Waals surface area contributed by atoms with E-state index in [0.717, 1.165) is 5.56 Å². The number of ether oxygens (including phenoxy) is 1. The van der Waals surface area contributed by atoms with Crippen LogP contribution in [0.5, 0.6) is 5.75 Å². The Morgan fingerprint density at radius 3 is 2.09 bits per heavy atom. The van der Waals surface area contributed by atoms with E-state index in [-0.39, 0.29) is 5.75 Å². The van der Waals surface area contributed by atoms with E-state index in [1.165, 1.54) is 13.0 Å². The average molecular weight is 315 g/mol. The maximum atomic E-state index is 9.82. The van der Waals surface area contributed by atoms with Gasteiger partial charge < -0.3 is 20.7 Å². The number of phenolic OH excluding ortho intramolecular Hbond substituents is 1. The summed E-state index contributed by atoms with van der Waals surface area (Å²) in [4.78, 5) is 0. The molecule has 1 atom stereocenters. The zero-order valence-electron chi connectivity index (χ0n) is 13.9. The molecule has 0 saturated heterocycles. The molecule has 0 radical (unpaired) electrons. The van der Waals surface area contributed by atoms with Crippen molar-refractivity contribution in [3.05, 3.63) is 78.6 Å². The minimum Gasteiger partial charge on any atom is -0.508 e. The van der Waals surface area contributed by atoms with Gasteiger partial charge in [0.2, 0.25) is 0 Å². The Morgan fingerprint density at radius 1 is 1.09 bits per heavy atom. The normalized spacial score (nSPS) is 15.7. The predicted molar refractivity (Wildman–Crippen MR) is 93.6 cm³/mol. The molecule has 4 heteroatoms. The Balaban J connectivity index is 3.04. The van der Waals surface area contributed by atoms with Crippen LogP contribution < -0.4 is 5.73 Å². The standard InChI is InChI=1S/C19H25NO3/c1-6-14(19(5,20)22)10-13-17(7-2)23-18(3,4)15-8-11-16(21)12-9-15/h6-13,21-22H,1-2,20H2,3-5H3/b14-10+,17-13+. The first-order valence-electron chi connectivity index (χ1n) is 7.27. The highest BCUT2D eigenvalue weighted by Crippen LogP contribution is 2.29. The lowest BCUT2D eigenvalue weighted by Crippen LogP contribution is -2.37. The van der Waals surface area contributed by atoms with E-state index in [1.807, 2.05) is 13.8 Å². The molecule has 0 amide bonds. The van der Waals surface area contributed by atoms with Gasteiger partial charge in [-0.15, -0.1) is 0 Å². The molecule has 0 heterocycles. The summed E-state index contributed by atoms with van der Waals surface area (Å²) in [5.74, 6) is 0.722. The van der Waals surface area contributed by atoms with Crippen molar-refractivity contribution in [3.63, 3.8) is 0 Å². The van der Waals surface area contributed by atoms with Gasteiger partial charge in [0.1, 0.15) is 22.8 Å². The molecule has 0 aliphatic heterocycles. The molecule has 1 aromatic rings. The lowest BCUT2D eigenvalue weighted by atomic mass is 9.98. The molecule has 4 nitrogen and oxygen atoms in total. The van der Waals surface area contributed by atoms with E-state index < -0.39 is 11.3 Å². The third-order valence-corrected chi connectivity index (χ3v) is 3.37. The fourth-order valence-electron chi connectivity index (χ4n) is 1.98. The van der Waals surface area contributed by atoms with Crippen LogP contribution in [0, 0.1) is 0 Å². The van der Waals surface area contributed by atoms with Crippen LogP contribution in [0.15, 0.2) is 73.1 Å². The number of nitrogens with two attached hydrogens (primary N) is 1. The van der Waals surface area contributed by atoms with Crippen molar-refractivity contribution in [2.75, 3.05) is 0 Å². The lowest BCUT2D eigenvalue weighted by molar-refractivity contribution is 0.0391.